The number of halogens is 1. The number of amides is 1. The first-order chi connectivity index (χ1) is 10.0. The lowest BCUT2D eigenvalue weighted by atomic mass is 10.2. The number of hydrazine groups is 1. The predicted molar refractivity (Wildman–Crippen MR) is 80.8 cm³/mol. The van der Waals surface area contributed by atoms with Crippen LogP contribution in [0.1, 0.15) is 10.5 Å². The molecule has 1 heterocycles. The summed E-state index contributed by atoms with van der Waals surface area (Å²) in [6, 6.07) is 7.13. The van der Waals surface area contributed by atoms with Gasteiger partial charge in [-0.2, -0.15) is 0 Å². The second kappa shape index (κ2) is 6.29. The van der Waals surface area contributed by atoms with Gasteiger partial charge in [-0.1, -0.05) is 0 Å². The zero-order chi connectivity index (χ0) is 15.4. The van der Waals surface area contributed by atoms with Crippen LogP contribution in [0.2, 0.25) is 0 Å². The highest BCUT2D eigenvalue weighted by atomic mass is 79.9. The first-order valence-corrected chi connectivity index (χ1v) is 6.48. The Bertz CT molecular complexity index is 707. The van der Waals surface area contributed by atoms with Gasteiger partial charge in [0, 0.05) is 22.8 Å². The van der Waals surface area contributed by atoms with Gasteiger partial charge in [-0.05, 0) is 34.1 Å². The van der Waals surface area contributed by atoms with Crippen LogP contribution in [-0.4, -0.2) is 15.8 Å². The lowest BCUT2D eigenvalue weighted by molar-refractivity contribution is -0.384. The molecule has 0 radical (unpaired) electrons. The van der Waals surface area contributed by atoms with E-state index >= 15 is 0 Å². The predicted octanol–water partition coefficient (Wildman–Crippen LogP) is 2.29. The van der Waals surface area contributed by atoms with Crippen LogP contribution in [0.25, 0.3) is 0 Å². The van der Waals surface area contributed by atoms with Crippen LogP contribution in [-0.2, 0) is 0 Å². The maximum atomic E-state index is 12.1. The van der Waals surface area contributed by atoms with Crippen molar-refractivity contribution in [2.75, 3.05) is 10.7 Å². The number of benzene rings is 1. The van der Waals surface area contributed by atoms with Crippen molar-refractivity contribution in [1.29, 1.82) is 0 Å². The van der Waals surface area contributed by atoms with Crippen molar-refractivity contribution in [2.24, 2.45) is 5.84 Å². The van der Waals surface area contributed by atoms with Gasteiger partial charge >= 0.3 is 0 Å². The first-order valence-electron chi connectivity index (χ1n) is 5.69. The van der Waals surface area contributed by atoms with Crippen molar-refractivity contribution in [1.82, 2.24) is 4.98 Å². The van der Waals surface area contributed by atoms with Gasteiger partial charge in [0.05, 0.1) is 16.3 Å². The van der Waals surface area contributed by atoms with Crippen LogP contribution in [0, 0.1) is 10.1 Å². The van der Waals surface area contributed by atoms with Crippen LogP contribution in [0.15, 0.2) is 41.0 Å². The zero-order valence-corrected chi connectivity index (χ0v) is 12.1. The minimum Gasteiger partial charge on any atom is -0.324 e. The number of rotatable bonds is 4. The maximum absolute atomic E-state index is 12.1. The van der Waals surface area contributed by atoms with Crippen LogP contribution < -0.4 is 16.6 Å². The molecule has 8 nitrogen and oxygen atoms in total. The van der Waals surface area contributed by atoms with Gasteiger partial charge in [0.2, 0.25) is 0 Å². The second-order valence-electron chi connectivity index (χ2n) is 3.95. The maximum Gasteiger partial charge on any atom is 0.274 e. The molecule has 0 unspecified atom stereocenters. The van der Waals surface area contributed by atoms with E-state index < -0.39 is 10.8 Å². The summed E-state index contributed by atoms with van der Waals surface area (Å²) in [5.41, 5.74) is 3.44. The molecular formula is C12H10BrN5O3. The molecule has 0 bridgehead atoms. The summed E-state index contributed by atoms with van der Waals surface area (Å²) in [7, 11) is 0. The molecule has 2 rings (SSSR count). The monoisotopic (exact) mass is 351 g/mol. The minimum absolute atomic E-state index is 0.0765. The Morgan fingerprint density at radius 1 is 1.33 bits per heavy atom. The molecule has 0 saturated heterocycles. The number of nitrogens with zero attached hydrogens (tertiary/aromatic N) is 2. The van der Waals surface area contributed by atoms with Crippen molar-refractivity contribution in [3.8, 4) is 0 Å². The number of hydrogen-bond donors (Lipinski definition) is 3. The summed E-state index contributed by atoms with van der Waals surface area (Å²) in [6.45, 7) is 0. The van der Waals surface area contributed by atoms with Gasteiger partial charge in [-0.25, -0.2) is 0 Å². The number of nitrogen functional groups attached to an aromatic ring is 1. The number of nitrogens with two attached hydrogens (primary N) is 1. The number of nitrogens with one attached hydrogen (secondary N) is 2. The minimum atomic E-state index is -0.520. The molecule has 0 aliphatic rings. The Morgan fingerprint density at radius 3 is 2.71 bits per heavy atom. The second-order valence-corrected chi connectivity index (χ2v) is 4.80. The molecule has 9 heteroatoms. The van der Waals surface area contributed by atoms with Crippen molar-refractivity contribution in [3.63, 3.8) is 0 Å². The van der Waals surface area contributed by atoms with E-state index in [0.29, 0.717) is 15.8 Å². The molecule has 0 aliphatic carbocycles. The fourth-order valence-electron chi connectivity index (χ4n) is 1.55. The fourth-order valence-corrected chi connectivity index (χ4v) is 2.02. The lowest BCUT2D eigenvalue weighted by Crippen LogP contribution is -2.15. The number of pyridine rings is 1. The van der Waals surface area contributed by atoms with E-state index in [1.54, 1.807) is 6.07 Å². The molecule has 4 N–H and O–H groups in total. The molecule has 108 valence electrons. The number of nitro benzene ring substituents is 1. The number of hydrogen-bond acceptors (Lipinski definition) is 6. The number of aromatic nitrogens is 1. The average Bonchev–Trinajstić information content (AvgIpc) is 2.49. The Hall–Kier alpha value is -2.52. The molecule has 2 aromatic rings. The molecule has 1 aromatic heterocycles. The van der Waals surface area contributed by atoms with Crippen LogP contribution in [0.5, 0.6) is 0 Å². The molecule has 0 saturated carbocycles. The third-order valence-corrected chi connectivity index (χ3v) is 3.23. The van der Waals surface area contributed by atoms with Gasteiger partial charge in [-0.3, -0.25) is 25.7 Å². The van der Waals surface area contributed by atoms with E-state index in [1.165, 1.54) is 30.5 Å². The Kier molecular flexibility index (Phi) is 4.45. The van der Waals surface area contributed by atoms with Crippen molar-refractivity contribution < 1.29 is 9.72 Å². The van der Waals surface area contributed by atoms with E-state index in [0.717, 1.165) is 0 Å². The Balaban J connectivity index is 2.21. The summed E-state index contributed by atoms with van der Waals surface area (Å²) in [5.74, 6) is 4.80. The quantitative estimate of drug-likeness (QED) is 0.441. The van der Waals surface area contributed by atoms with Gasteiger partial charge in [0.15, 0.2) is 0 Å². The Morgan fingerprint density at radius 2 is 2.10 bits per heavy atom. The van der Waals surface area contributed by atoms with Crippen LogP contribution >= 0.6 is 15.9 Å². The summed E-state index contributed by atoms with van der Waals surface area (Å²) in [6.07, 6.45) is 1.44. The largest absolute Gasteiger partial charge is 0.324 e. The topological polar surface area (TPSA) is 123 Å². The number of nitro groups is 1. The molecular weight excluding hydrogens is 342 g/mol. The summed E-state index contributed by atoms with van der Waals surface area (Å²) >= 11 is 3.17. The zero-order valence-electron chi connectivity index (χ0n) is 10.5. The summed E-state index contributed by atoms with van der Waals surface area (Å²) < 4.78 is 0.401. The smallest absolute Gasteiger partial charge is 0.274 e. The highest BCUT2D eigenvalue weighted by molar-refractivity contribution is 9.10. The molecule has 0 aliphatic heterocycles. The van der Waals surface area contributed by atoms with Gasteiger partial charge in [0.25, 0.3) is 11.6 Å². The van der Waals surface area contributed by atoms with Gasteiger partial charge < -0.3 is 10.7 Å². The van der Waals surface area contributed by atoms with E-state index in [2.05, 4.69) is 31.7 Å². The molecule has 0 spiro atoms. The van der Waals surface area contributed by atoms with Crippen molar-refractivity contribution in [2.45, 2.75) is 0 Å². The highest BCUT2D eigenvalue weighted by Crippen LogP contribution is 2.27. The summed E-state index contributed by atoms with van der Waals surface area (Å²) in [4.78, 5) is 26.1. The molecule has 0 atom stereocenters. The third kappa shape index (κ3) is 3.52. The Labute approximate surface area is 127 Å². The van der Waals surface area contributed by atoms with Crippen LogP contribution in [0.3, 0.4) is 0 Å². The standard InChI is InChI=1S/C12H10BrN5O3/c13-9-6-8(18(20)21)1-2-10(9)16-12(19)11-5-7(17-14)3-4-15-11/h1-6H,14H2,(H,15,17)(H,16,19). The average molecular weight is 352 g/mol. The van der Waals surface area contributed by atoms with E-state index in [-0.39, 0.29) is 11.4 Å². The highest BCUT2D eigenvalue weighted by Gasteiger charge is 2.13. The lowest BCUT2D eigenvalue weighted by Gasteiger charge is -2.07. The normalized spacial score (nSPS) is 10.0. The first kappa shape index (κ1) is 14.9. The fraction of sp³-hybridized carbons (Fsp3) is 0. The third-order valence-electron chi connectivity index (χ3n) is 2.57. The SMILES string of the molecule is NNc1ccnc(C(=O)Nc2ccc([N+](=O)[O-])cc2Br)c1. The molecule has 21 heavy (non-hydrogen) atoms. The van der Waals surface area contributed by atoms with Crippen molar-refractivity contribution in [3.05, 3.63) is 56.8 Å². The van der Waals surface area contributed by atoms with E-state index in [4.69, 9.17) is 5.84 Å². The van der Waals surface area contributed by atoms with Crippen molar-refractivity contribution >= 4 is 38.9 Å². The molecule has 0 fully saturated rings. The number of non-ortho nitro benzene ring substituents is 1. The van der Waals surface area contributed by atoms with Gasteiger partial charge in [0.1, 0.15) is 5.69 Å². The van der Waals surface area contributed by atoms with E-state index in [1.807, 2.05) is 0 Å². The van der Waals surface area contributed by atoms with Crippen LogP contribution in [0.4, 0.5) is 17.1 Å². The molecule has 1 aromatic carbocycles. The van der Waals surface area contributed by atoms with Gasteiger partial charge in [-0.15, -0.1) is 0 Å². The number of carbonyl (C=O) groups is 1. The molecule has 1 amide bonds. The number of anilines is 2. The summed E-state index contributed by atoms with van der Waals surface area (Å²) in [5, 5.41) is 13.3. The number of carbonyl (C=O) groups excluding carboxylic acids is 1. The van der Waals surface area contributed by atoms with E-state index in [9.17, 15) is 14.9 Å².